The molecule has 1 aliphatic heterocycles. The van der Waals surface area contributed by atoms with Gasteiger partial charge in [-0.1, -0.05) is 36.3 Å². The largest absolute Gasteiger partial charge is 0.358 e. The highest BCUT2D eigenvalue weighted by Gasteiger charge is 2.31. The molecule has 1 amide bonds. The molecule has 2 heterocycles. The van der Waals surface area contributed by atoms with Gasteiger partial charge in [-0.3, -0.25) is 9.69 Å². The summed E-state index contributed by atoms with van der Waals surface area (Å²) in [4.78, 5) is 18.7. The van der Waals surface area contributed by atoms with Crippen LogP contribution >= 0.6 is 0 Å². The van der Waals surface area contributed by atoms with Crippen molar-refractivity contribution in [3.8, 4) is 0 Å². The van der Waals surface area contributed by atoms with E-state index >= 15 is 0 Å². The van der Waals surface area contributed by atoms with E-state index in [1.165, 1.54) is 11.1 Å². The third kappa shape index (κ3) is 2.87. The topological polar surface area (TPSA) is 71.3 Å². The Morgan fingerprint density at radius 2 is 2.18 bits per heavy atom. The van der Waals surface area contributed by atoms with Gasteiger partial charge in [-0.2, -0.15) is 4.98 Å². The molecule has 2 aromatic rings. The lowest BCUT2D eigenvalue weighted by Gasteiger charge is -2.34. The summed E-state index contributed by atoms with van der Waals surface area (Å²) in [6.45, 7) is 3.18. The Bertz CT molecular complexity index is 668. The number of fused-ring (bicyclic) bond motifs is 1. The SMILES string of the molecule is CCc1noc(CN2Cc3ccccc3CC2C(=O)NC)n1. The van der Waals surface area contributed by atoms with Gasteiger partial charge in [0.1, 0.15) is 0 Å². The average molecular weight is 300 g/mol. The van der Waals surface area contributed by atoms with Gasteiger partial charge in [0, 0.05) is 20.0 Å². The number of aromatic nitrogens is 2. The van der Waals surface area contributed by atoms with Gasteiger partial charge in [0.2, 0.25) is 11.8 Å². The van der Waals surface area contributed by atoms with Crippen LogP contribution in [-0.4, -0.2) is 34.0 Å². The Hall–Kier alpha value is -2.21. The minimum Gasteiger partial charge on any atom is -0.358 e. The van der Waals surface area contributed by atoms with Gasteiger partial charge in [-0.05, 0) is 17.5 Å². The van der Waals surface area contributed by atoms with Gasteiger partial charge in [-0.25, -0.2) is 0 Å². The van der Waals surface area contributed by atoms with Crippen molar-refractivity contribution in [3.63, 3.8) is 0 Å². The summed E-state index contributed by atoms with van der Waals surface area (Å²) in [7, 11) is 1.67. The predicted octanol–water partition coefficient (Wildman–Crippen LogP) is 1.30. The number of hydrogen-bond donors (Lipinski definition) is 1. The van der Waals surface area contributed by atoms with Crippen LogP contribution in [0.1, 0.15) is 29.8 Å². The standard InChI is InChI=1S/C16H20N4O2/c1-3-14-18-15(22-19-14)10-20-9-12-7-5-4-6-11(12)8-13(20)16(21)17-2/h4-7,13H,3,8-10H2,1-2H3,(H,17,21). The number of rotatable bonds is 4. The Kier molecular flexibility index (Phi) is 4.20. The molecule has 116 valence electrons. The van der Waals surface area contributed by atoms with Crippen molar-refractivity contribution >= 4 is 5.91 Å². The van der Waals surface area contributed by atoms with E-state index in [4.69, 9.17) is 4.52 Å². The van der Waals surface area contributed by atoms with Crippen molar-refractivity contribution in [2.75, 3.05) is 7.05 Å². The molecule has 1 aromatic carbocycles. The molecule has 1 aliphatic rings. The van der Waals surface area contributed by atoms with E-state index in [0.29, 0.717) is 31.2 Å². The molecule has 0 saturated heterocycles. The van der Waals surface area contributed by atoms with E-state index in [1.54, 1.807) is 7.05 Å². The Balaban J connectivity index is 1.84. The van der Waals surface area contributed by atoms with E-state index in [2.05, 4.69) is 32.5 Å². The number of benzene rings is 1. The smallest absolute Gasteiger partial charge is 0.240 e. The third-order valence-corrected chi connectivity index (χ3v) is 4.06. The van der Waals surface area contributed by atoms with Crippen LogP contribution in [0.25, 0.3) is 0 Å². The number of amides is 1. The van der Waals surface area contributed by atoms with Crippen molar-refractivity contribution in [2.24, 2.45) is 0 Å². The van der Waals surface area contributed by atoms with E-state index in [1.807, 2.05) is 19.1 Å². The second kappa shape index (κ2) is 6.27. The molecule has 22 heavy (non-hydrogen) atoms. The lowest BCUT2D eigenvalue weighted by Crippen LogP contribution is -2.49. The van der Waals surface area contributed by atoms with Crippen LogP contribution < -0.4 is 5.32 Å². The molecule has 0 saturated carbocycles. The van der Waals surface area contributed by atoms with Crippen LogP contribution in [0.5, 0.6) is 0 Å². The predicted molar refractivity (Wildman–Crippen MR) is 80.9 cm³/mol. The van der Waals surface area contributed by atoms with Gasteiger partial charge >= 0.3 is 0 Å². The van der Waals surface area contributed by atoms with Crippen LogP contribution in [0.2, 0.25) is 0 Å². The number of carbonyl (C=O) groups is 1. The summed E-state index contributed by atoms with van der Waals surface area (Å²) in [5, 5.41) is 6.67. The summed E-state index contributed by atoms with van der Waals surface area (Å²) in [6.07, 6.45) is 1.44. The molecule has 3 rings (SSSR count). The van der Waals surface area contributed by atoms with Crippen molar-refractivity contribution in [3.05, 3.63) is 47.1 Å². The van der Waals surface area contributed by atoms with Crippen LogP contribution in [0.3, 0.4) is 0 Å². The molecule has 6 heteroatoms. The molecule has 0 fully saturated rings. The van der Waals surface area contributed by atoms with Crippen molar-refractivity contribution < 1.29 is 9.32 Å². The van der Waals surface area contributed by atoms with Crippen molar-refractivity contribution in [1.82, 2.24) is 20.4 Å². The number of nitrogens with one attached hydrogen (secondary N) is 1. The van der Waals surface area contributed by atoms with Crippen LogP contribution in [-0.2, 0) is 30.7 Å². The molecule has 6 nitrogen and oxygen atoms in total. The monoisotopic (exact) mass is 300 g/mol. The second-order valence-corrected chi connectivity index (χ2v) is 5.47. The summed E-state index contributed by atoms with van der Waals surface area (Å²) >= 11 is 0. The molecular formula is C16H20N4O2. The molecular weight excluding hydrogens is 280 g/mol. The third-order valence-electron chi connectivity index (χ3n) is 4.06. The fourth-order valence-electron chi connectivity index (χ4n) is 2.84. The fraction of sp³-hybridized carbons (Fsp3) is 0.438. The van der Waals surface area contributed by atoms with Gasteiger partial charge < -0.3 is 9.84 Å². The molecule has 1 atom stereocenters. The van der Waals surface area contributed by atoms with E-state index in [0.717, 1.165) is 6.42 Å². The van der Waals surface area contributed by atoms with Gasteiger partial charge in [0.15, 0.2) is 5.82 Å². The number of nitrogens with zero attached hydrogens (tertiary/aromatic N) is 3. The number of hydrogen-bond acceptors (Lipinski definition) is 5. The van der Waals surface area contributed by atoms with Gasteiger partial charge in [0.05, 0.1) is 12.6 Å². The maximum absolute atomic E-state index is 12.2. The summed E-state index contributed by atoms with van der Waals surface area (Å²) in [5.41, 5.74) is 2.48. The molecule has 1 unspecified atom stereocenters. The van der Waals surface area contributed by atoms with Gasteiger partial charge in [-0.15, -0.1) is 0 Å². The highest BCUT2D eigenvalue weighted by atomic mass is 16.5. The first-order chi connectivity index (χ1) is 10.7. The number of aryl methyl sites for hydroxylation is 1. The molecule has 0 bridgehead atoms. The minimum atomic E-state index is -0.211. The molecule has 0 radical (unpaired) electrons. The van der Waals surface area contributed by atoms with E-state index in [-0.39, 0.29) is 11.9 Å². The fourth-order valence-corrected chi connectivity index (χ4v) is 2.84. The first kappa shape index (κ1) is 14.7. The molecule has 1 aromatic heterocycles. The van der Waals surface area contributed by atoms with Crippen LogP contribution in [0.4, 0.5) is 0 Å². The number of carbonyl (C=O) groups excluding carboxylic acids is 1. The number of likely N-dealkylation sites (N-methyl/N-ethyl adjacent to an activating group) is 1. The first-order valence-electron chi connectivity index (χ1n) is 7.55. The molecule has 1 N–H and O–H groups in total. The minimum absolute atomic E-state index is 0.0183. The van der Waals surface area contributed by atoms with Gasteiger partial charge in [0.25, 0.3) is 0 Å². The zero-order chi connectivity index (χ0) is 15.5. The maximum atomic E-state index is 12.2. The first-order valence-corrected chi connectivity index (χ1v) is 7.55. The zero-order valence-corrected chi connectivity index (χ0v) is 12.9. The van der Waals surface area contributed by atoms with E-state index < -0.39 is 0 Å². The average Bonchev–Trinajstić information content (AvgIpc) is 3.01. The molecule has 0 spiro atoms. The summed E-state index contributed by atoms with van der Waals surface area (Å²) in [6, 6.07) is 8.02. The van der Waals surface area contributed by atoms with Crippen molar-refractivity contribution in [1.29, 1.82) is 0 Å². The van der Waals surface area contributed by atoms with Crippen LogP contribution in [0, 0.1) is 0 Å². The van der Waals surface area contributed by atoms with E-state index in [9.17, 15) is 4.79 Å². The normalized spacial score (nSPS) is 18.0. The Morgan fingerprint density at radius 1 is 1.41 bits per heavy atom. The van der Waals surface area contributed by atoms with Crippen molar-refractivity contribution in [2.45, 2.75) is 38.9 Å². The zero-order valence-electron chi connectivity index (χ0n) is 12.9. The highest BCUT2D eigenvalue weighted by molar-refractivity contribution is 5.82. The summed E-state index contributed by atoms with van der Waals surface area (Å²) in [5.74, 6) is 1.28. The summed E-state index contributed by atoms with van der Waals surface area (Å²) < 4.78 is 5.27. The second-order valence-electron chi connectivity index (χ2n) is 5.47. The lowest BCUT2D eigenvalue weighted by molar-refractivity contribution is -0.126. The van der Waals surface area contributed by atoms with Crippen LogP contribution in [0.15, 0.2) is 28.8 Å². The molecule has 0 aliphatic carbocycles. The quantitative estimate of drug-likeness (QED) is 0.921. The Morgan fingerprint density at radius 3 is 2.86 bits per heavy atom. The Labute approximate surface area is 129 Å². The lowest BCUT2D eigenvalue weighted by atomic mass is 9.93. The maximum Gasteiger partial charge on any atom is 0.240 e. The highest BCUT2D eigenvalue weighted by Crippen LogP contribution is 2.24.